The molecule has 7 nitrogen and oxygen atoms in total. The van der Waals surface area contributed by atoms with Gasteiger partial charge in [0, 0.05) is 62.5 Å². The van der Waals surface area contributed by atoms with Crippen molar-refractivity contribution >= 4 is 11.8 Å². The van der Waals surface area contributed by atoms with Gasteiger partial charge in [0.1, 0.15) is 0 Å². The molecule has 3 heterocycles. The van der Waals surface area contributed by atoms with Crippen LogP contribution in [0, 0.1) is 11.3 Å². The van der Waals surface area contributed by atoms with E-state index in [1.54, 1.807) is 0 Å². The number of H-pyrrole nitrogens is 1. The normalized spacial score (nSPS) is 28.2. The molecule has 2 aliphatic heterocycles. The van der Waals surface area contributed by atoms with E-state index in [1.165, 1.54) is 32.1 Å². The Labute approximate surface area is 190 Å². The Balaban J connectivity index is 1.00. The second-order valence-corrected chi connectivity index (χ2v) is 10.9. The van der Waals surface area contributed by atoms with Crippen molar-refractivity contribution in [3.8, 4) is 0 Å². The molecule has 1 N–H and O–H groups in total. The average molecular weight is 440 g/mol. The SMILES string of the molecule is O=C(c1n[nH]c2c1CCC2)N1CCC2(CC1)C[C@@H]2C(=O)N1CCN(C2CCCCC2)CC1. The van der Waals surface area contributed by atoms with Gasteiger partial charge in [-0.15, -0.1) is 0 Å². The maximum Gasteiger partial charge on any atom is 0.274 e. The Morgan fingerprint density at radius 2 is 1.62 bits per heavy atom. The average Bonchev–Trinajstić information content (AvgIpc) is 3.15. The maximum atomic E-state index is 13.3. The van der Waals surface area contributed by atoms with Crippen molar-refractivity contribution in [2.75, 3.05) is 39.3 Å². The van der Waals surface area contributed by atoms with Gasteiger partial charge in [-0.25, -0.2) is 0 Å². The number of rotatable bonds is 3. The van der Waals surface area contributed by atoms with E-state index in [1.807, 2.05) is 4.90 Å². The van der Waals surface area contributed by atoms with Crippen molar-refractivity contribution in [3.63, 3.8) is 0 Å². The van der Waals surface area contributed by atoms with Crippen LogP contribution >= 0.6 is 0 Å². The highest BCUT2D eigenvalue weighted by Gasteiger charge is 2.59. The fraction of sp³-hybridized carbons (Fsp3) is 0.800. The Hall–Kier alpha value is -1.89. The van der Waals surface area contributed by atoms with Crippen LogP contribution in [0.3, 0.4) is 0 Å². The molecule has 3 aliphatic carbocycles. The van der Waals surface area contributed by atoms with E-state index in [0.717, 1.165) is 95.1 Å². The van der Waals surface area contributed by atoms with Gasteiger partial charge < -0.3 is 9.80 Å². The van der Waals surface area contributed by atoms with Gasteiger partial charge >= 0.3 is 0 Å². The fourth-order valence-electron chi connectivity index (χ4n) is 7.02. The van der Waals surface area contributed by atoms with Crippen molar-refractivity contribution in [3.05, 3.63) is 17.0 Å². The maximum absolute atomic E-state index is 13.3. The number of aromatic nitrogens is 2. The van der Waals surface area contributed by atoms with Crippen molar-refractivity contribution in [1.29, 1.82) is 0 Å². The second kappa shape index (κ2) is 8.15. The summed E-state index contributed by atoms with van der Waals surface area (Å²) in [6.45, 7) is 5.42. The van der Waals surface area contributed by atoms with Crippen molar-refractivity contribution in [2.45, 2.75) is 76.7 Å². The molecule has 1 aromatic rings. The lowest BCUT2D eigenvalue weighted by Crippen LogP contribution is -2.53. The molecule has 174 valence electrons. The summed E-state index contributed by atoms with van der Waals surface area (Å²) < 4.78 is 0. The van der Waals surface area contributed by atoms with Crippen LogP contribution in [0.1, 0.15) is 79.5 Å². The van der Waals surface area contributed by atoms with E-state index in [-0.39, 0.29) is 17.2 Å². The zero-order valence-corrected chi connectivity index (χ0v) is 19.3. The molecule has 2 amide bonds. The minimum Gasteiger partial charge on any atom is -0.340 e. The molecule has 0 bridgehead atoms. The summed E-state index contributed by atoms with van der Waals surface area (Å²) in [7, 11) is 0. The zero-order valence-electron chi connectivity index (χ0n) is 19.3. The van der Waals surface area contributed by atoms with E-state index in [9.17, 15) is 9.59 Å². The molecule has 0 aromatic carbocycles. The first kappa shape index (κ1) is 20.7. The first-order chi connectivity index (χ1) is 15.6. The van der Waals surface area contributed by atoms with Crippen molar-refractivity contribution < 1.29 is 9.59 Å². The van der Waals surface area contributed by atoms with Gasteiger partial charge in [-0.1, -0.05) is 19.3 Å². The molecule has 1 atom stereocenters. The molecule has 0 unspecified atom stereocenters. The molecule has 1 aromatic heterocycles. The monoisotopic (exact) mass is 439 g/mol. The number of hydrogen-bond donors (Lipinski definition) is 1. The highest BCUT2D eigenvalue weighted by molar-refractivity contribution is 5.94. The molecule has 4 fully saturated rings. The van der Waals surface area contributed by atoms with Crippen LogP contribution in [0.5, 0.6) is 0 Å². The lowest BCUT2D eigenvalue weighted by Gasteiger charge is -2.41. The van der Waals surface area contributed by atoms with Crippen molar-refractivity contribution in [1.82, 2.24) is 24.9 Å². The summed E-state index contributed by atoms with van der Waals surface area (Å²) in [5.41, 5.74) is 3.09. The Morgan fingerprint density at radius 1 is 0.875 bits per heavy atom. The third-order valence-electron chi connectivity index (χ3n) is 9.26. The molecule has 32 heavy (non-hydrogen) atoms. The molecule has 5 aliphatic rings. The fourth-order valence-corrected chi connectivity index (χ4v) is 7.02. The van der Waals surface area contributed by atoms with Gasteiger partial charge in [-0.3, -0.25) is 19.6 Å². The van der Waals surface area contributed by atoms with Crippen LogP contribution in [0.4, 0.5) is 0 Å². The number of fused-ring (bicyclic) bond motifs is 1. The van der Waals surface area contributed by atoms with Gasteiger partial charge in [0.05, 0.1) is 0 Å². The zero-order chi connectivity index (χ0) is 21.7. The number of hydrogen-bond acceptors (Lipinski definition) is 4. The Kier molecular flexibility index (Phi) is 5.27. The predicted molar refractivity (Wildman–Crippen MR) is 121 cm³/mol. The van der Waals surface area contributed by atoms with E-state index >= 15 is 0 Å². The second-order valence-electron chi connectivity index (χ2n) is 10.9. The number of aromatic amines is 1. The number of amides is 2. The predicted octanol–water partition coefficient (Wildman–Crippen LogP) is 2.62. The third kappa shape index (κ3) is 3.57. The minimum atomic E-state index is 0.0848. The number of nitrogens with one attached hydrogen (secondary N) is 1. The number of piperazine rings is 1. The summed E-state index contributed by atoms with van der Waals surface area (Å²) in [6.07, 6.45) is 12.9. The van der Waals surface area contributed by atoms with Crippen LogP contribution in [0.2, 0.25) is 0 Å². The smallest absolute Gasteiger partial charge is 0.274 e. The molecule has 2 saturated carbocycles. The minimum absolute atomic E-state index is 0.0848. The Morgan fingerprint density at radius 3 is 2.38 bits per heavy atom. The first-order valence-corrected chi connectivity index (χ1v) is 13.0. The number of nitrogens with zero attached hydrogens (tertiary/aromatic N) is 4. The van der Waals surface area contributed by atoms with Crippen LogP contribution < -0.4 is 0 Å². The van der Waals surface area contributed by atoms with E-state index < -0.39 is 0 Å². The van der Waals surface area contributed by atoms with Gasteiger partial charge in [0.2, 0.25) is 5.91 Å². The van der Waals surface area contributed by atoms with Gasteiger partial charge in [-0.05, 0) is 56.8 Å². The summed E-state index contributed by atoms with van der Waals surface area (Å²) in [5, 5.41) is 7.39. The molecule has 0 radical (unpaired) electrons. The largest absolute Gasteiger partial charge is 0.340 e. The van der Waals surface area contributed by atoms with E-state index in [2.05, 4.69) is 20.0 Å². The molecule has 7 heteroatoms. The summed E-state index contributed by atoms with van der Waals surface area (Å²) >= 11 is 0. The standard InChI is InChI=1S/C25H37N5O2/c31-23(30-15-13-28(14-16-30)18-5-2-1-3-6-18)20-17-25(20)9-11-29(12-10-25)24(32)22-19-7-4-8-21(19)26-27-22/h18,20H,1-17H2,(H,26,27)/t20-/m1/s1. The topological polar surface area (TPSA) is 72.5 Å². The number of carbonyl (C=O) groups excluding carboxylic acids is 2. The molecular weight excluding hydrogens is 402 g/mol. The Bertz CT molecular complexity index is 873. The molecular formula is C25H37N5O2. The molecule has 1 spiro atoms. The van der Waals surface area contributed by atoms with Gasteiger partial charge in [-0.2, -0.15) is 5.10 Å². The highest BCUT2D eigenvalue weighted by atomic mass is 16.2. The number of aryl methyl sites for hydroxylation is 1. The lowest BCUT2D eigenvalue weighted by molar-refractivity contribution is -0.136. The van der Waals surface area contributed by atoms with Crippen LogP contribution in [-0.4, -0.2) is 82.0 Å². The number of likely N-dealkylation sites (tertiary alicyclic amines) is 1. The molecule has 2 saturated heterocycles. The quantitative estimate of drug-likeness (QED) is 0.786. The van der Waals surface area contributed by atoms with Crippen LogP contribution in [0.25, 0.3) is 0 Å². The van der Waals surface area contributed by atoms with Gasteiger partial charge in [0.15, 0.2) is 5.69 Å². The van der Waals surface area contributed by atoms with Crippen molar-refractivity contribution in [2.24, 2.45) is 11.3 Å². The summed E-state index contributed by atoms with van der Waals surface area (Å²) in [6, 6.07) is 0.755. The third-order valence-corrected chi connectivity index (χ3v) is 9.26. The summed E-state index contributed by atoms with van der Waals surface area (Å²) in [4.78, 5) is 33.1. The molecule has 6 rings (SSSR count). The van der Waals surface area contributed by atoms with E-state index in [0.29, 0.717) is 11.6 Å². The number of carbonyl (C=O) groups is 2. The lowest BCUT2D eigenvalue weighted by atomic mass is 9.90. The van der Waals surface area contributed by atoms with Crippen LogP contribution in [-0.2, 0) is 17.6 Å². The van der Waals surface area contributed by atoms with E-state index in [4.69, 9.17) is 0 Å². The first-order valence-electron chi connectivity index (χ1n) is 13.0. The number of piperidine rings is 1. The van der Waals surface area contributed by atoms with Gasteiger partial charge in [0.25, 0.3) is 5.91 Å². The highest BCUT2D eigenvalue weighted by Crippen LogP contribution is 2.60. The summed E-state index contributed by atoms with van der Waals surface area (Å²) in [5.74, 6) is 0.662. The van der Waals surface area contributed by atoms with Crippen LogP contribution in [0.15, 0.2) is 0 Å².